The van der Waals surface area contributed by atoms with Gasteiger partial charge < -0.3 is 15.7 Å². The van der Waals surface area contributed by atoms with Gasteiger partial charge >= 0.3 is 0 Å². The molecule has 1 saturated heterocycles. The van der Waals surface area contributed by atoms with Crippen LogP contribution in [0.15, 0.2) is 36.4 Å². The molecule has 3 atom stereocenters. The summed E-state index contributed by atoms with van der Waals surface area (Å²) in [6, 6.07) is 12.9. The number of carbonyl (C=O) groups excluding carboxylic acids is 1. The van der Waals surface area contributed by atoms with Gasteiger partial charge in [0.05, 0.1) is 6.04 Å². The number of nitrogens with one attached hydrogen (secondary N) is 2. The molecule has 196 valence electrons. The number of hydrogen-bond acceptors (Lipinski definition) is 3. The Bertz CT molecular complexity index is 1040. The Morgan fingerprint density at radius 3 is 2.22 bits per heavy atom. The zero-order chi connectivity index (χ0) is 26.1. The molecule has 0 spiro atoms. The van der Waals surface area contributed by atoms with Crippen molar-refractivity contribution in [3.8, 4) is 5.75 Å². The molecule has 1 aliphatic carbocycles. The number of hydrogen-bond donors (Lipinski definition) is 3. The van der Waals surface area contributed by atoms with Crippen LogP contribution in [-0.4, -0.2) is 23.1 Å². The lowest BCUT2D eigenvalue weighted by molar-refractivity contribution is -0.119. The van der Waals surface area contributed by atoms with Gasteiger partial charge in [0.2, 0.25) is 5.91 Å². The van der Waals surface area contributed by atoms with Crippen molar-refractivity contribution in [1.82, 2.24) is 5.32 Å². The smallest absolute Gasteiger partial charge is 0.241 e. The zero-order valence-electron chi connectivity index (χ0n) is 23.2. The number of piperidine rings is 1. The molecule has 0 bridgehead atoms. The van der Waals surface area contributed by atoms with Gasteiger partial charge in [-0.2, -0.15) is 0 Å². The van der Waals surface area contributed by atoms with Crippen molar-refractivity contribution in [2.75, 3.05) is 5.32 Å². The van der Waals surface area contributed by atoms with Gasteiger partial charge in [-0.1, -0.05) is 84.7 Å². The Morgan fingerprint density at radius 2 is 1.56 bits per heavy atom. The van der Waals surface area contributed by atoms with Crippen molar-refractivity contribution < 1.29 is 9.90 Å². The van der Waals surface area contributed by atoms with Gasteiger partial charge in [-0.05, 0) is 83.6 Å². The fraction of sp³-hybridized carbons (Fsp3) is 0.594. The highest BCUT2D eigenvalue weighted by Gasteiger charge is 2.34. The lowest BCUT2D eigenvalue weighted by Crippen LogP contribution is -2.53. The monoisotopic (exact) mass is 490 g/mol. The van der Waals surface area contributed by atoms with E-state index in [-0.39, 0.29) is 22.8 Å². The van der Waals surface area contributed by atoms with Crippen molar-refractivity contribution in [3.63, 3.8) is 0 Å². The number of amides is 1. The Balaban J connectivity index is 1.49. The molecule has 1 saturated carbocycles. The number of para-hydroxylation sites is 1. The summed E-state index contributed by atoms with van der Waals surface area (Å²) < 4.78 is 0. The van der Waals surface area contributed by atoms with Crippen molar-refractivity contribution >= 4 is 11.6 Å². The molecule has 2 aromatic rings. The Kier molecular flexibility index (Phi) is 7.85. The van der Waals surface area contributed by atoms with Crippen LogP contribution in [0.2, 0.25) is 0 Å². The number of phenolic OH excluding ortho intramolecular Hbond substituents is 1. The topological polar surface area (TPSA) is 61.4 Å². The molecule has 2 aliphatic rings. The van der Waals surface area contributed by atoms with Gasteiger partial charge in [-0.15, -0.1) is 0 Å². The maximum Gasteiger partial charge on any atom is 0.241 e. The molecule has 4 nitrogen and oxygen atoms in total. The van der Waals surface area contributed by atoms with E-state index in [9.17, 15) is 9.90 Å². The highest BCUT2D eigenvalue weighted by Crippen LogP contribution is 2.40. The maximum atomic E-state index is 13.2. The zero-order valence-corrected chi connectivity index (χ0v) is 23.2. The van der Waals surface area contributed by atoms with Crippen LogP contribution < -0.4 is 10.6 Å². The van der Waals surface area contributed by atoms with Crippen LogP contribution in [0.1, 0.15) is 102 Å². The Morgan fingerprint density at radius 1 is 0.917 bits per heavy atom. The van der Waals surface area contributed by atoms with Gasteiger partial charge in [0.25, 0.3) is 0 Å². The van der Waals surface area contributed by atoms with E-state index >= 15 is 0 Å². The molecule has 4 rings (SSSR count). The number of benzene rings is 2. The molecular formula is C32H46N2O2. The predicted molar refractivity (Wildman–Crippen MR) is 150 cm³/mol. The highest BCUT2D eigenvalue weighted by atomic mass is 16.3. The van der Waals surface area contributed by atoms with E-state index in [0.717, 1.165) is 54.0 Å². The standard InChI is InChI=1S/C32H46N2O2/c1-31(2,3)24-19-21(20-25(29(24)35)32(4,5)6)15-16-22-11-8-10-14-27(22)34-30(36)28-18-17-23-12-7-9-13-26(23)33-28/h8,10-11,14,19-20,23,26,28,33,35H,7,9,12-13,15-18H2,1-6H3,(H,34,36)/t23-,26?,28+/m1/s1. The number of anilines is 1. The molecule has 1 amide bonds. The fourth-order valence-corrected chi connectivity index (χ4v) is 6.04. The molecule has 1 unspecified atom stereocenters. The highest BCUT2D eigenvalue weighted by molar-refractivity contribution is 5.95. The number of aryl methyl sites for hydroxylation is 2. The maximum absolute atomic E-state index is 13.2. The van der Waals surface area contributed by atoms with E-state index in [0.29, 0.717) is 11.8 Å². The van der Waals surface area contributed by atoms with Crippen LogP contribution in [0.5, 0.6) is 5.75 Å². The lowest BCUT2D eigenvalue weighted by atomic mass is 9.77. The first-order chi connectivity index (χ1) is 16.9. The van der Waals surface area contributed by atoms with Crippen LogP contribution in [-0.2, 0) is 28.5 Å². The first kappa shape index (κ1) is 26.7. The second-order valence-electron chi connectivity index (χ2n) is 13.1. The molecule has 1 aliphatic heterocycles. The van der Waals surface area contributed by atoms with Crippen LogP contribution in [0, 0.1) is 5.92 Å². The van der Waals surface area contributed by atoms with Gasteiger partial charge in [-0.3, -0.25) is 4.79 Å². The summed E-state index contributed by atoms with van der Waals surface area (Å²) in [6.45, 7) is 12.9. The first-order valence-electron chi connectivity index (χ1n) is 13.9. The quantitative estimate of drug-likeness (QED) is 0.422. The average Bonchev–Trinajstić information content (AvgIpc) is 2.82. The summed E-state index contributed by atoms with van der Waals surface area (Å²) in [4.78, 5) is 13.2. The molecule has 4 heteroatoms. The molecule has 3 N–H and O–H groups in total. The summed E-state index contributed by atoms with van der Waals surface area (Å²) in [5, 5.41) is 18.0. The second kappa shape index (κ2) is 10.6. The minimum atomic E-state index is -0.143. The predicted octanol–water partition coefficient (Wildman–Crippen LogP) is 7.02. The third-order valence-corrected chi connectivity index (χ3v) is 8.21. The summed E-state index contributed by atoms with van der Waals surface area (Å²) in [7, 11) is 0. The van der Waals surface area contributed by atoms with Gasteiger partial charge in [0, 0.05) is 11.7 Å². The summed E-state index contributed by atoms with van der Waals surface area (Å²) in [5.41, 5.74) is 5.00. The minimum absolute atomic E-state index is 0.0983. The third-order valence-electron chi connectivity index (χ3n) is 8.21. The summed E-state index contributed by atoms with van der Waals surface area (Å²) in [5.74, 6) is 1.27. The van der Waals surface area contributed by atoms with Crippen molar-refractivity contribution in [2.45, 2.75) is 116 Å². The SMILES string of the molecule is CC(C)(C)c1cc(CCc2ccccc2NC(=O)[C@@H]2CC[C@H]3CCCCC3N2)cc(C(C)(C)C)c1O. The molecule has 0 radical (unpaired) electrons. The molecule has 2 aromatic carbocycles. The molecule has 0 aromatic heterocycles. The minimum Gasteiger partial charge on any atom is -0.507 e. The van der Waals surface area contributed by atoms with Crippen molar-refractivity contribution in [2.24, 2.45) is 5.92 Å². The fourth-order valence-electron chi connectivity index (χ4n) is 6.04. The normalized spacial score (nSPS) is 22.7. The Labute approximate surface area is 218 Å². The van der Waals surface area contributed by atoms with E-state index in [1.165, 1.54) is 31.2 Å². The first-order valence-corrected chi connectivity index (χ1v) is 13.9. The van der Waals surface area contributed by atoms with Crippen LogP contribution in [0.3, 0.4) is 0 Å². The molecular weight excluding hydrogens is 444 g/mol. The van der Waals surface area contributed by atoms with Crippen LogP contribution >= 0.6 is 0 Å². The lowest BCUT2D eigenvalue weighted by Gasteiger charge is -2.39. The van der Waals surface area contributed by atoms with Gasteiger partial charge in [-0.25, -0.2) is 0 Å². The van der Waals surface area contributed by atoms with Crippen LogP contribution in [0.25, 0.3) is 0 Å². The number of phenols is 1. The molecule has 36 heavy (non-hydrogen) atoms. The van der Waals surface area contributed by atoms with Gasteiger partial charge in [0.15, 0.2) is 0 Å². The van der Waals surface area contributed by atoms with E-state index in [1.807, 2.05) is 12.1 Å². The number of carbonyl (C=O) groups is 1. The van der Waals surface area contributed by atoms with E-state index in [1.54, 1.807) is 0 Å². The average molecular weight is 491 g/mol. The largest absolute Gasteiger partial charge is 0.507 e. The number of aromatic hydroxyl groups is 1. The number of rotatable bonds is 5. The van der Waals surface area contributed by atoms with Crippen molar-refractivity contribution in [3.05, 3.63) is 58.7 Å². The van der Waals surface area contributed by atoms with Gasteiger partial charge in [0.1, 0.15) is 5.75 Å². The van der Waals surface area contributed by atoms with E-state index < -0.39 is 0 Å². The van der Waals surface area contributed by atoms with E-state index in [2.05, 4.69) is 76.4 Å². The summed E-state index contributed by atoms with van der Waals surface area (Å²) >= 11 is 0. The van der Waals surface area contributed by atoms with Crippen molar-refractivity contribution in [1.29, 1.82) is 0 Å². The Hall–Kier alpha value is -2.33. The third kappa shape index (κ3) is 6.14. The van der Waals surface area contributed by atoms with E-state index in [4.69, 9.17) is 0 Å². The summed E-state index contributed by atoms with van der Waals surface area (Å²) in [6.07, 6.45) is 8.88. The molecule has 1 heterocycles. The second-order valence-corrected chi connectivity index (χ2v) is 13.1. The number of fused-ring (bicyclic) bond motifs is 1. The van der Waals surface area contributed by atoms with Crippen LogP contribution in [0.4, 0.5) is 5.69 Å². The molecule has 2 fully saturated rings.